The molecule has 0 aliphatic carbocycles. The van der Waals surface area contributed by atoms with E-state index in [0.717, 1.165) is 4.90 Å². The molecule has 0 saturated carbocycles. The first kappa shape index (κ1) is 21.3. The van der Waals surface area contributed by atoms with Gasteiger partial charge < -0.3 is 29.6 Å². The fourth-order valence-corrected chi connectivity index (χ4v) is 3.61. The van der Waals surface area contributed by atoms with Crippen molar-refractivity contribution in [2.75, 3.05) is 39.3 Å². The number of benzene rings is 2. The average Bonchev–Trinajstić information content (AvgIpc) is 3.02. The molecule has 0 aromatic heterocycles. The van der Waals surface area contributed by atoms with Crippen LogP contribution in [0.25, 0.3) is 0 Å². The van der Waals surface area contributed by atoms with Gasteiger partial charge in [-0.3, -0.25) is 14.5 Å². The quantitative estimate of drug-likeness (QED) is 0.658. The second-order valence-corrected chi connectivity index (χ2v) is 7.45. The van der Waals surface area contributed by atoms with Gasteiger partial charge in [-0.05, 0) is 24.6 Å². The monoisotopic (exact) mass is 441 g/mol. The van der Waals surface area contributed by atoms with Crippen molar-refractivity contribution >= 4 is 23.5 Å². The molecule has 0 bridgehead atoms. The zero-order valence-corrected chi connectivity index (χ0v) is 17.9. The minimum absolute atomic E-state index is 0.398. The molecule has 10 nitrogen and oxygen atoms in total. The molecular formula is C22H23N3O7. The van der Waals surface area contributed by atoms with E-state index in [4.69, 9.17) is 18.9 Å². The third kappa shape index (κ3) is 3.86. The standard InChI is InChI=1S/C22H23N3O7/c1-22(13-4-5-17-18(8-13)32-7-6-31-17)20(27)25(21(28)24-22)12-19(26)23-14-9-15(29-2)11-16(10-14)30-3/h4-5,8-11H,6-7,12H2,1-3H3,(H,23,26)(H,24,28). The summed E-state index contributed by atoms with van der Waals surface area (Å²) in [5, 5.41) is 5.34. The Morgan fingerprint density at radius 3 is 2.38 bits per heavy atom. The highest BCUT2D eigenvalue weighted by atomic mass is 16.6. The smallest absolute Gasteiger partial charge is 0.325 e. The van der Waals surface area contributed by atoms with E-state index in [9.17, 15) is 14.4 Å². The molecule has 0 radical (unpaired) electrons. The summed E-state index contributed by atoms with van der Waals surface area (Å²) >= 11 is 0. The van der Waals surface area contributed by atoms with Crippen molar-refractivity contribution in [3.05, 3.63) is 42.0 Å². The van der Waals surface area contributed by atoms with Gasteiger partial charge in [-0.1, -0.05) is 6.07 Å². The number of nitrogens with zero attached hydrogens (tertiary/aromatic N) is 1. The fourth-order valence-electron chi connectivity index (χ4n) is 3.61. The van der Waals surface area contributed by atoms with Gasteiger partial charge in [0.1, 0.15) is 36.8 Å². The molecule has 2 aromatic carbocycles. The molecule has 0 spiro atoms. The van der Waals surface area contributed by atoms with Crippen LogP contribution in [-0.4, -0.2) is 56.7 Å². The predicted octanol–water partition coefficient (Wildman–Crippen LogP) is 1.88. The Balaban J connectivity index is 1.50. The van der Waals surface area contributed by atoms with E-state index in [2.05, 4.69) is 10.6 Å². The minimum Gasteiger partial charge on any atom is -0.497 e. The maximum atomic E-state index is 13.1. The van der Waals surface area contributed by atoms with Crippen LogP contribution in [-0.2, 0) is 15.1 Å². The number of carbonyl (C=O) groups excluding carboxylic acids is 3. The number of rotatable bonds is 6. The number of anilines is 1. The lowest BCUT2D eigenvalue weighted by Crippen LogP contribution is -2.42. The summed E-state index contributed by atoms with van der Waals surface area (Å²) in [6, 6.07) is 9.26. The maximum absolute atomic E-state index is 13.1. The number of methoxy groups -OCH3 is 2. The van der Waals surface area contributed by atoms with Gasteiger partial charge in [0.25, 0.3) is 5.91 Å². The SMILES string of the molecule is COc1cc(NC(=O)CN2C(=O)NC(C)(c3ccc4c(c3)OCCO4)C2=O)cc(OC)c1. The highest BCUT2D eigenvalue weighted by Crippen LogP contribution is 2.37. The summed E-state index contributed by atoms with van der Waals surface area (Å²) in [7, 11) is 2.98. The summed E-state index contributed by atoms with van der Waals surface area (Å²) < 4.78 is 21.5. The van der Waals surface area contributed by atoms with Crippen LogP contribution in [0.3, 0.4) is 0 Å². The second-order valence-electron chi connectivity index (χ2n) is 7.45. The van der Waals surface area contributed by atoms with Crippen LogP contribution < -0.4 is 29.6 Å². The van der Waals surface area contributed by atoms with Crippen molar-refractivity contribution in [3.8, 4) is 23.0 Å². The Morgan fingerprint density at radius 2 is 1.72 bits per heavy atom. The third-order valence-corrected chi connectivity index (χ3v) is 5.33. The van der Waals surface area contributed by atoms with E-state index >= 15 is 0 Å². The molecule has 2 aliphatic heterocycles. The summed E-state index contributed by atoms with van der Waals surface area (Å²) in [5.41, 5.74) is -0.403. The first-order valence-electron chi connectivity index (χ1n) is 9.91. The van der Waals surface area contributed by atoms with Crippen LogP contribution in [0.4, 0.5) is 10.5 Å². The average molecular weight is 441 g/mol. The molecule has 2 heterocycles. The Hall–Kier alpha value is -3.95. The van der Waals surface area contributed by atoms with Crippen LogP contribution >= 0.6 is 0 Å². The molecular weight excluding hydrogens is 418 g/mol. The predicted molar refractivity (Wildman–Crippen MR) is 113 cm³/mol. The number of nitrogens with one attached hydrogen (secondary N) is 2. The van der Waals surface area contributed by atoms with E-state index in [1.165, 1.54) is 14.2 Å². The Morgan fingerprint density at radius 1 is 1.06 bits per heavy atom. The molecule has 1 atom stereocenters. The summed E-state index contributed by atoms with van der Waals surface area (Å²) in [6.45, 7) is 1.98. The van der Waals surface area contributed by atoms with Gasteiger partial charge in [-0.25, -0.2) is 4.79 Å². The first-order valence-corrected chi connectivity index (χ1v) is 9.91. The number of amides is 4. The van der Waals surface area contributed by atoms with Crippen molar-refractivity contribution in [2.45, 2.75) is 12.5 Å². The molecule has 168 valence electrons. The van der Waals surface area contributed by atoms with Gasteiger partial charge >= 0.3 is 6.03 Å². The lowest BCUT2D eigenvalue weighted by Gasteiger charge is -2.25. The largest absolute Gasteiger partial charge is 0.497 e. The number of carbonyl (C=O) groups is 3. The molecule has 4 rings (SSSR count). The van der Waals surface area contributed by atoms with Crippen LogP contribution in [0.2, 0.25) is 0 Å². The molecule has 2 aromatic rings. The second kappa shape index (κ2) is 8.29. The molecule has 1 fully saturated rings. The zero-order chi connectivity index (χ0) is 22.9. The van der Waals surface area contributed by atoms with E-state index in [0.29, 0.717) is 47.5 Å². The van der Waals surface area contributed by atoms with Crippen LogP contribution in [0.1, 0.15) is 12.5 Å². The van der Waals surface area contributed by atoms with E-state index in [-0.39, 0.29) is 0 Å². The number of imide groups is 1. The van der Waals surface area contributed by atoms with Gasteiger partial charge in [0.05, 0.1) is 14.2 Å². The Bertz CT molecular complexity index is 1060. The zero-order valence-electron chi connectivity index (χ0n) is 17.9. The van der Waals surface area contributed by atoms with Gasteiger partial charge in [0.2, 0.25) is 5.91 Å². The maximum Gasteiger partial charge on any atom is 0.325 e. The van der Waals surface area contributed by atoms with Crippen LogP contribution in [0.5, 0.6) is 23.0 Å². The van der Waals surface area contributed by atoms with Gasteiger partial charge in [-0.15, -0.1) is 0 Å². The molecule has 10 heteroatoms. The minimum atomic E-state index is -1.34. The highest BCUT2D eigenvalue weighted by Gasteiger charge is 2.49. The summed E-state index contributed by atoms with van der Waals surface area (Å²) in [5.74, 6) is 0.958. The third-order valence-electron chi connectivity index (χ3n) is 5.33. The van der Waals surface area contributed by atoms with Crippen molar-refractivity contribution in [3.63, 3.8) is 0 Å². The van der Waals surface area contributed by atoms with Crippen LogP contribution in [0, 0.1) is 0 Å². The Labute approximate surface area is 184 Å². The number of ether oxygens (including phenoxy) is 4. The van der Waals surface area contributed by atoms with Crippen LogP contribution in [0.15, 0.2) is 36.4 Å². The van der Waals surface area contributed by atoms with E-state index < -0.39 is 29.9 Å². The molecule has 4 amide bonds. The van der Waals surface area contributed by atoms with Gasteiger partial charge in [0, 0.05) is 23.9 Å². The Kier molecular flexibility index (Phi) is 5.52. The lowest BCUT2D eigenvalue weighted by molar-refractivity contribution is -0.133. The van der Waals surface area contributed by atoms with Crippen molar-refractivity contribution in [1.82, 2.24) is 10.2 Å². The number of hydrogen-bond donors (Lipinski definition) is 2. The van der Waals surface area contributed by atoms with Crippen molar-refractivity contribution in [1.29, 1.82) is 0 Å². The van der Waals surface area contributed by atoms with E-state index in [1.807, 2.05) is 0 Å². The molecule has 1 saturated heterocycles. The fraction of sp³-hybridized carbons (Fsp3) is 0.318. The molecule has 2 N–H and O–H groups in total. The molecule has 2 aliphatic rings. The summed E-state index contributed by atoms with van der Waals surface area (Å²) in [6.07, 6.45) is 0. The van der Waals surface area contributed by atoms with Crippen molar-refractivity contribution in [2.24, 2.45) is 0 Å². The number of urea groups is 1. The van der Waals surface area contributed by atoms with Gasteiger partial charge in [0.15, 0.2) is 11.5 Å². The van der Waals surface area contributed by atoms with Crippen molar-refractivity contribution < 1.29 is 33.3 Å². The summed E-state index contributed by atoms with van der Waals surface area (Å²) in [4.78, 5) is 39.2. The number of hydrogen-bond acceptors (Lipinski definition) is 7. The van der Waals surface area contributed by atoms with E-state index in [1.54, 1.807) is 43.3 Å². The topological polar surface area (TPSA) is 115 Å². The number of fused-ring (bicyclic) bond motifs is 1. The molecule has 32 heavy (non-hydrogen) atoms. The highest BCUT2D eigenvalue weighted by molar-refractivity contribution is 6.10. The first-order chi connectivity index (χ1) is 15.3. The normalized spacial score (nSPS) is 19.4. The van der Waals surface area contributed by atoms with Gasteiger partial charge in [-0.2, -0.15) is 0 Å². The lowest BCUT2D eigenvalue weighted by atomic mass is 9.91. The molecule has 1 unspecified atom stereocenters.